The Morgan fingerprint density at radius 3 is 2.50 bits per heavy atom. The number of aromatic nitrogens is 1. The Morgan fingerprint density at radius 2 is 1.90 bits per heavy atom. The van der Waals surface area contributed by atoms with Gasteiger partial charge >= 0.3 is 0 Å². The Labute approximate surface area is 128 Å². The van der Waals surface area contributed by atoms with Crippen molar-refractivity contribution in [2.24, 2.45) is 0 Å². The molecule has 2 atom stereocenters. The van der Waals surface area contributed by atoms with Crippen molar-refractivity contribution >= 4 is 15.9 Å². The molecular weight excluding hydrogens is 316 g/mol. The second-order valence-electron chi connectivity index (χ2n) is 4.72. The molecule has 1 aromatic carbocycles. The summed E-state index contributed by atoms with van der Waals surface area (Å²) in [5.41, 5.74) is 2.41. The Kier molecular flexibility index (Phi) is 5.15. The molecule has 0 fully saturated rings. The quantitative estimate of drug-likeness (QED) is 0.899. The molecule has 3 nitrogen and oxygen atoms in total. The third-order valence-corrected chi connectivity index (χ3v) is 4.07. The van der Waals surface area contributed by atoms with Crippen LogP contribution in [0.15, 0.2) is 47.2 Å². The van der Waals surface area contributed by atoms with Crippen molar-refractivity contribution in [2.45, 2.75) is 18.9 Å². The highest BCUT2D eigenvalue weighted by Gasteiger charge is 2.22. The maximum absolute atomic E-state index is 5.51. The van der Waals surface area contributed by atoms with Crippen molar-refractivity contribution in [3.63, 3.8) is 0 Å². The summed E-state index contributed by atoms with van der Waals surface area (Å²) in [7, 11) is 3.68. The number of halogens is 1. The number of pyridine rings is 1. The van der Waals surface area contributed by atoms with E-state index >= 15 is 0 Å². The van der Waals surface area contributed by atoms with Gasteiger partial charge in [-0.2, -0.15) is 0 Å². The van der Waals surface area contributed by atoms with Crippen molar-refractivity contribution in [1.29, 1.82) is 0 Å². The van der Waals surface area contributed by atoms with Crippen molar-refractivity contribution in [2.75, 3.05) is 14.2 Å². The summed E-state index contributed by atoms with van der Waals surface area (Å²) in [6.07, 6.45) is 3.66. The highest BCUT2D eigenvalue weighted by atomic mass is 79.9. The van der Waals surface area contributed by atoms with E-state index in [-0.39, 0.29) is 6.04 Å². The zero-order valence-electron chi connectivity index (χ0n) is 11.9. The van der Waals surface area contributed by atoms with Crippen molar-refractivity contribution in [3.05, 3.63) is 58.3 Å². The van der Waals surface area contributed by atoms with Crippen molar-refractivity contribution in [1.82, 2.24) is 10.3 Å². The number of ether oxygens (including phenoxy) is 1. The molecule has 0 amide bonds. The van der Waals surface area contributed by atoms with Crippen LogP contribution in [-0.2, 0) is 0 Å². The van der Waals surface area contributed by atoms with E-state index in [1.165, 1.54) is 5.56 Å². The second-order valence-corrected chi connectivity index (χ2v) is 5.64. The van der Waals surface area contributed by atoms with Crippen LogP contribution in [0, 0.1) is 0 Å². The SMILES string of the molecule is CNC(c1ccc(Br)cc1OC)C(C)c1ccncc1. The predicted octanol–water partition coefficient (Wildman–Crippen LogP) is 3.92. The first kappa shape index (κ1) is 15.0. The highest BCUT2D eigenvalue weighted by Crippen LogP contribution is 2.36. The van der Waals surface area contributed by atoms with Crippen LogP contribution < -0.4 is 10.1 Å². The standard InChI is InChI=1S/C16H19BrN2O/c1-11(12-6-8-19-9-7-12)16(18-2)14-5-4-13(17)10-15(14)20-3/h4-11,16,18H,1-3H3. The molecule has 0 bridgehead atoms. The lowest BCUT2D eigenvalue weighted by Gasteiger charge is -2.26. The molecule has 0 radical (unpaired) electrons. The fourth-order valence-electron chi connectivity index (χ4n) is 2.48. The Hall–Kier alpha value is -1.39. The van der Waals surface area contributed by atoms with E-state index in [4.69, 9.17) is 4.74 Å². The molecule has 0 aliphatic rings. The fourth-order valence-corrected chi connectivity index (χ4v) is 2.82. The van der Waals surface area contributed by atoms with Crippen LogP contribution in [0.3, 0.4) is 0 Å². The first-order valence-electron chi connectivity index (χ1n) is 6.58. The van der Waals surface area contributed by atoms with Gasteiger partial charge in [-0.05, 0) is 36.9 Å². The van der Waals surface area contributed by atoms with Crippen LogP contribution in [0.1, 0.15) is 30.0 Å². The van der Waals surface area contributed by atoms with E-state index in [1.807, 2.05) is 31.6 Å². The van der Waals surface area contributed by atoms with Crippen molar-refractivity contribution < 1.29 is 4.74 Å². The van der Waals surface area contributed by atoms with Gasteiger partial charge in [-0.1, -0.05) is 28.9 Å². The molecule has 106 valence electrons. The van der Waals surface area contributed by atoms with Gasteiger partial charge in [0.25, 0.3) is 0 Å². The summed E-state index contributed by atoms with van der Waals surface area (Å²) in [4.78, 5) is 4.08. The summed E-state index contributed by atoms with van der Waals surface area (Å²) in [6, 6.07) is 10.4. The van der Waals surface area contributed by atoms with E-state index < -0.39 is 0 Å². The predicted molar refractivity (Wildman–Crippen MR) is 85.1 cm³/mol. The van der Waals surface area contributed by atoms with Crippen LogP contribution in [-0.4, -0.2) is 19.1 Å². The lowest BCUT2D eigenvalue weighted by molar-refractivity contribution is 0.394. The third kappa shape index (κ3) is 3.19. The summed E-state index contributed by atoms with van der Waals surface area (Å²) in [5, 5.41) is 3.40. The molecule has 0 aliphatic carbocycles. The largest absolute Gasteiger partial charge is 0.496 e. The van der Waals surface area contributed by atoms with E-state index in [1.54, 1.807) is 7.11 Å². The van der Waals surface area contributed by atoms with Gasteiger partial charge in [0.15, 0.2) is 0 Å². The molecule has 2 rings (SSSR count). The average Bonchev–Trinajstić information content (AvgIpc) is 2.50. The Bertz CT molecular complexity index is 560. The molecule has 1 heterocycles. The number of methoxy groups -OCH3 is 1. The zero-order valence-corrected chi connectivity index (χ0v) is 13.5. The molecule has 0 aliphatic heterocycles. The van der Waals surface area contributed by atoms with Gasteiger partial charge in [-0.25, -0.2) is 0 Å². The molecule has 0 spiro atoms. The molecule has 1 aromatic heterocycles. The summed E-state index contributed by atoms with van der Waals surface area (Å²) in [5.74, 6) is 1.21. The molecule has 4 heteroatoms. The average molecular weight is 335 g/mol. The molecule has 20 heavy (non-hydrogen) atoms. The van der Waals surface area contributed by atoms with Crippen LogP contribution in [0.5, 0.6) is 5.75 Å². The Morgan fingerprint density at radius 1 is 1.20 bits per heavy atom. The molecule has 2 unspecified atom stereocenters. The number of benzene rings is 1. The van der Waals surface area contributed by atoms with Gasteiger partial charge in [-0.15, -0.1) is 0 Å². The maximum Gasteiger partial charge on any atom is 0.124 e. The van der Waals surface area contributed by atoms with E-state index in [2.05, 4.69) is 51.4 Å². The summed E-state index contributed by atoms with van der Waals surface area (Å²) >= 11 is 3.48. The Balaban J connectivity index is 2.37. The number of rotatable bonds is 5. The summed E-state index contributed by atoms with van der Waals surface area (Å²) in [6.45, 7) is 2.21. The topological polar surface area (TPSA) is 34.1 Å². The van der Waals surface area contributed by atoms with E-state index in [9.17, 15) is 0 Å². The first-order chi connectivity index (χ1) is 9.67. The highest BCUT2D eigenvalue weighted by molar-refractivity contribution is 9.10. The minimum absolute atomic E-state index is 0.181. The number of hydrogen-bond donors (Lipinski definition) is 1. The van der Waals surface area contributed by atoms with Gasteiger partial charge in [0.05, 0.1) is 7.11 Å². The van der Waals surface area contributed by atoms with Crippen LogP contribution in [0.4, 0.5) is 0 Å². The number of nitrogens with zero attached hydrogens (tertiary/aromatic N) is 1. The third-order valence-electron chi connectivity index (χ3n) is 3.57. The smallest absolute Gasteiger partial charge is 0.124 e. The van der Waals surface area contributed by atoms with Crippen LogP contribution in [0.2, 0.25) is 0 Å². The minimum atomic E-state index is 0.181. The minimum Gasteiger partial charge on any atom is -0.496 e. The molecule has 0 saturated heterocycles. The lowest BCUT2D eigenvalue weighted by Crippen LogP contribution is -2.23. The van der Waals surface area contributed by atoms with Crippen molar-refractivity contribution in [3.8, 4) is 5.75 Å². The first-order valence-corrected chi connectivity index (χ1v) is 7.37. The van der Waals surface area contributed by atoms with Gasteiger partial charge < -0.3 is 10.1 Å². The fraction of sp³-hybridized carbons (Fsp3) is 0.312. The van der Waals surface area contributed by atoms with Crippen LogP contribution in [0.25, 0.3) is 0 Å². The van der Waals surface area contributed by atoms with Crippen LogP contribution >= 0.6 is 15.9 Å². The number of hydrogen-bond acceptors (Lipinski definition) is 3. The second kappa shape index (κ2) is 6.86. The van der Waals surface area contributed by atoms with Gasteiger partial charge in [0.2, 0.25) is 0 Å². The van der Waals surface area contributed by atoms with E-state index in [0.29, 0.717) is 5.92 Å². The maximum atomic E-state index is 5.51. The molecule has 1 N–H and O–H groups in total. The number of likely N-dealkylation sites (N-methyl/N-ethyl adjacent to an activating group) is 1. The normalized spacial score (nSPS) is 13.8. The molecular formula is C16H19BrN2O. The van der Waals surface area contributed by atoms with Gasteiger partial charge in [0, 0.05) is 34.4 Å². The monoisotopic (exact) mass is 334 g/mol. The lowest BCUT2D eigenvalue weighted by atomic mass is 9.88. The molecule has 0 saturated carbocycles. The number of nitrogens with one attached hydrogen (secondary N) is 1. The zero-order chi connectivity index (χ0) is 14.5. The summed E-state index contributed by atoms with van der Waals surface area (Å²) < 4.78 is 6.53. The van der Waals surface area contributed by atoms with Gasteiger partial charge in [-0.3, -0.25) is 4.98 Å². The van der Waals surface area contributed by atoms with Gasteiger partial charge in [0.1, 0.15) is 5.75 Å². The van der Waals surface area contributed by atoms with E-state index in [0.717, 1.165) is 15.8 Å². The molecule has 2 aromatic rings.